The van der Waals surface area contributed by atoms with Crippen molar-refractivity contribution in [3.8, 4) is 17.1 Å². The van der Waals surface area contributed by atoms with E-state index in [2.05, 4.69) is 31.1 Å². The molecule has 2 aromatic rings. The van der Waals surface area contributed by atoms with Crippen LogP contribution in [0.4, 0.5) is 5.69 Å². The highest BCUT2D eigenvalue weighted by atomic mass is 16.3. The summed E-state index contributed by atoms with van der Waals surface area (Å²) in [5.74, 6) is 0.897. The first-order valence-electron chi connectivity index (χ1n) is 7.52. The summed E-state index contributed by atoms with van der Waals surface area (Å²) in [7, 11) is 0. The Labute approximate surface area is 131 Å². The number of hydrogen-bond acceptors (Lipinski definition) is 5. The number of benzene rings is 1. The van der Waals surface area contributed by atoms with Crippen molar-refractivity contribution in [2.45, 2.75) is 32.6 Å². The van der Waals surface area contributed by atoms with Crippen LogP contribution in [-0.2, 0) is 5.41 Å². The highest BCUT2D eigenvalue weighted by Crippen LogP contribution is 2.29. The molecule has 0 aliphatic heterocycles. The van der Waals surface area contributed by atoms with Gasteiger partial charge in [0.15, 0.2) is 5.82 Å². The van der Waals surface area contributed by atoms with Crippen molar-refractivity contribution < 1.29 is 5.11 Å². The summed E-state index contributed by atoms with van der Waals surface area (Å²) in [4.78, 5) is 9.18. The lowest BCUT2D eigenvalue weighted by molar-refractivity contribution is 0.475. The van der Waals surface area contributed by atoms with Gasteiger partial charge in [-0.05, 0) is 37.2 Å². The first-order valence-corrected chi connectivity index (χ1v) is 7.52. The molecule has 0 saturated heterocycles. The van der Waals surface area contributed by atoms with Crippen molar-refractivity contribution in [2.75, 3.05) is 18.4 Å². The number of phenolic OH excluding ortho intramolecular Hbond substituents is 1. The Bertz CT molecular complexity index is 618. The molecule has 0 spiro atoms. The molecule has 1 heterocycles. The van der Waals surface area contributed by atoms with Gasteiger partial charge in [0.05, 0.1) is 17.6 Å². The Kier molecular flexibility index (Phi) is 4.98. The van der Waals surface area contributed by atoms with E-state index in [1.165, 1.54) is 0 Å². The van der Waals surface area contributed by atoms with Gasteiger partial charge in [0.25, 0.3) is 0 Å². The Morgan fingerprint density at radius 1 is 1.18 bits per heavy atom. The number of nitrogens with one attached hydrogen (secondary N) is 1. The van der Waals surface area contributed by atoms with E-state index in [1.807, 2.05) is 18.3 Å². The number of nitrogens with zero attached hydrogens (tertiary/aromatic N) is 2. The third-order valence-corrected chi connectivity index (χ3v) is 3.32. The third-order valence-electron chi connectivity index (χ3n) is 3.32. The summed E-state index contributed by atoms with van der Waals surface area (Å²) in [6.07, 6.45) is 2.73. The van der Waals surface area contributed by atoms with E-state index < -0.39 is 0 Å². The van der Waals surface area contributed by atoms with Crippen LogP contribution in [0.2, 0.25) is 0 Å². The van der Waals surface area contributed by atoms with Crippen molar-refractivity contribution in [1.29, 1.82) is 0 Å². The zero-order chi connectivity index (χ0) is 16.2. The fourth-order valence-corrected chi connectivity index (χ4v) is 2.16. The molecule has 0 saturated carbocycles. The molecule has 0 aliphatic carbocycles. The smallest absolute Gasteiger partial charge is 0.159 e. The van der Waals surface area contributed by atoms with Gasteiger partial charge in [0.2, 0.25) is 0 Å². The monoisotopic (exact) mass is 300 g/mol. The molecular weight excluding hydrogens is 276 g/mol. The van der Waals surface area contributed by atoms with Crippen LogP contribution in [0.3, 0.4) is 0 Å². The summed E-state index contributed by atoms with van der Waals surface area (Å²) < 4.78 is 0. The van der Waals surface area contributed by atoms with Crippen LogP contribution >= 0.6 is 0 Å². The lowest BCUT2D eigenvalue weighted by Crippen LogP contribution is -2.19. The van der Waals surface area contributed by atoms with Crippen LogP contribution in [0.5, 0.6) is 5.75 Å². The maximum absolute atomic E-state index is 9.39. The second-order valence-electron chi connectivity index (χ2n) is 6.32. The molecule has 1 aromatic carbocycles. The average Bonchev–Trinajstić information content (AvgIpc) is 2.47. The maximum Gasteiger partial charge on any atom is 0.159 e. The van der Waals surface area contributed by atoms with Gasteiger partial charge in [0, 0.05) is 17.5 Å². The second kappa shape index (κ2) is 6.75. The number of phenols is 1. The van der Waals surface area contributed by atoms with Gasteiger partial charge >= 0.3 is 0 Å². The quantitative estimate of drug-likeness (QED) is 0.739. The molecule has 118 valence electrons. The Hall–Kier alpha value is -2.14. The fraction of sp³-hybridized carbons (Fsp3) is 0.412. The van der Waals surface area contributed by atoms with Gasteiger partial charge in [-0.2, -0.15) is 0 Å². The zero-order valence-corrected chi connectivity index (χ0v) is 13.4. The topological polar surface area (TPSA) is 84.1 Å². The van der Waals surface area contributed by atoms with E-state index in [9.17, 15) is 5.11 Å². The normalized spacial score (nSPS) is 11.5. The molecule has 5 heteroatoms. The standard InChI is InChI=1S/C17H24N4O/c1-17(2,3)15-14(19-10-4-9-18)11-20-16(21-15)12-5-7-13(22)8-6-12/h5-8,11,19,22H,4,9-10,18H2,1-3H3. The SMILES string of the molecule is CC(C)(C)c1nc(-c2ccc(O)cc2)ncc1NCCCN. The van der Waals surface area contributed by atoms with Crippen molar-refractivity contribution in [2.24, 2.45) is 5.73 Å². The van der Waals surface area contributed by atoms with E-state index in [-0.39, 0.29) is 11.2 Å². The van der Waals surface area contributed by atoms with Crippen molar-refractivity contribution in [3.63, 3.8) is 0 Å². The second-order valence-corrected chi connectivity index (χ2v) is 6.32. The van der Waals surface area contributed by atoms with Crippen molar-refractivity contribution in [3.05, 3.63) is 36.2 Å². The first-order chi connectivity index (χ1) is 10.4. The average molecular weight is 300 g/mol. The van der Waals surface area contributed by atoms with E-state index >= 15 is 0 Å². The van der Waals surface area contributed by atoms with E-state index in [4.69, 9.17) is 10.7 Å². The van der Waals surface area contributed by atoms with Gasteiger partial charge in [0.1, 0.15) is 5.75 Å². The summed E-state index contributed by atoms with van der Waals surface area (Å²) >= 11 is 0. The first kappa shape index (κ1) is 16.2. The predicted molar refractivity (Wildman–Crippen MR) is 90.0 cm³/mol. The highest BCUT2D eigenvalue weighted by molar-refractivity contribution is 5.60. The predicted octanol–water partition coefficient (Wildman–Crippen LogP) is 2.91. The Balaban J connectivity index is 2.36. The molecule has 5 nitrogen and oxygen atoms in total. The summed E-state index contributed by atoms with van der Waals surface area (Å²) in [6, 6.07) is 6.92. The summed E-state index contributed by atoms with van der Waals surface area (Å²) in [5.41, 5.74) is 8.25. The number of anilines is 1. The maximum atomic E-state index is 9.39. The van der Waals surface area contributed by atoms with Crippen LogP contribution in [-0.4, -0.2) is 28.2 Å². The molecule has 22 heavy (non-hydrogen) atoms. The van der Waals surface area contributed by atoms with Crippen LogP contribution in [0, 0.1) is 0 Å². The largest absolute Gasteiger partial charge is 0.508 e. The highest BCUT2D eigenvalue weighted by Gasteiger charge is 2.21. The summed E-state index contributed by atoms with van der Waals surface area (Å²) in [5, 5.41) is 12.8. The summed E-state index contributed by atoms with van der Waals surface area (Å²) in [6.45, 7) is 7.85. The van der Waals surface area contributed by atoms with Gasteiger partial charge in [-0.1, -0.05) is 20.8 Å². The van der Waals surface area contributed by atoms with E-state index in [0.717, 1.165) is 29.9 Å². The van der Waals surface area contributed by atoms with Crippen LogP contribution in [0.1, 0.15) is 32.9 Å². The van der Waals surface area contributed by atoms with Crippen molar-refractivity contribution in [1.82, 2.24) is 9.97 Å². The van der Waals surface area contributed by atoms with Crippen LogP contribution in [0.15, 0.2) is 30.5 Å². The lowest BCUT2D eigenvalue weighted by Gasteiger charge is -2.22. The zero-order valence-electron chi connectivity index (χ0n) is 13.4. The van der Waals surface area contributed by atoms with Gasteiger partial charge in [-0.15, -0.1) is 0 Å². The number of aromatic nitrogens is 2. The number of rotatable bonds is 5. The molecular formula is C17H24N4O. The number of aromatic hydroxyl groups is 1. The van der Waals surface area contributed by atoms with Crippen molar-refractivity contribution >= 4 is 5.69 Å². The molecule has 2 rings (SSSR count). The lowest BCUT2D eigenvalue weighted by atomic mass is 9.90. The number of nitrogens with two attached hydrogens (primary N) is 1. The van der Waals surface area contributed by atoms with Crippen LogP contribution in [0.25, 0.3) is 11.4 Å². The van der Waals surface area contributed by atoms with Gasteiger partial charge < -0.3 is 16.2 Å². The molecule has 4 N–H and O–H groups in total. The van der Waals surface area contributed by atoms with E-state index in [1.54, 1.807) is 12.1 Å². The Morgan fingerprint density at radius 2 is 1.86 bits per heavy atom. The van der Waals surface area contributed by atoms with Gasteiger partial charge in [-0.25, -0.2) is 9.97 Å². The molecule has 0 fully saturated rings. The molecule has 0 bridgehead atoms. The van der Waals surface area contributed by atoms with Crippen LogP contribution < -0.4 is 11.1 Å². The molecule has 0 radical (unpaired) electrons. The third kappa shape index (κ3) is 3.95. The molecule has 1 aromatic heterocycles. The van der Waals surface area contributed by atoms with E-state index in [0.29, 0.717) is 12.4 Å². The Morgan fingerprint density at radius 3 is 2.45 bits per heavy atom. The molecule has 0 atom stereocenters. The molecule has 0 unspecified atom stereocenters. The minimum atomic E-state index is -0.0976. The minimum absolute atomic E-state index is 0.0976. The number of hydrogen-bond donors (Lipinski definition) is 3. The van der Waals surface area contributed by atoms with Gasteiger partial charge in [-0.3, -0.25) is 0 Å². The molecule has 0 aliphatic rings. The fourth-order valence-electron chi connectivity index (χ4n) is 2.16. The minimum Gasteiger partial charge on any atom is -0.508 e. The molecule has 0 amide bonds.